The molecule has 2 aliphatic rings. The summed E-state index contributed by atoms with van der Waals surface area (Å²) in [5.74, 6) is 0.564. The Morgan fingerprint density at radius 3 is 2.78 bits per heavy atom. The second kappa shape index (κ2) is 5.93. The molecule has 102 valence electrons. The summed E-state index contributed by atoms with van der Waals surface area (Å²) in [6.45, 7) is 0. The topological polar surface area (TPSA) is 73.9 Å². The van der Waals surface area contributed by atoms with Crippen molar-refractivity contribution in [2.75, 3.05) is 7.11 Å². The first kappa shape index (κ1) is 13.0. The summed E-state index contributed by atoms with van der Waals surface area (Å²) in [4.78, 5) is 22.3. The van der Waals surface area contributed by atoms with Gasteiger partial charge in [0.05, 0.1) is 7.11 Å². The summed E-state index contributed by atoms with van der Waals surface area (Å²) < 4.78 is 14.2. The van der Waals surface area contributed by atoms with E-state index in [1.807, 2.05) is 0 Å². The first-order valence-electron chi connectivity index (χ1n) is 6.41. The summed E-state index contributed by atoms with van der Waals surface area (Å²) in [5.41, 5.74) is 0. The van der Waals surface area contributed by atoms with Gasteiger partial charge in [-0.15, -0.1) is 0 Å². The van der Waals surface area contributed by atoms with Gasteiger partial charge in [0.25, 0.3) is 6.29 Å². The predicted octanol–water partition coefficient (Wildman–Crippen LogP) is 2.17. The zero-order valence-electron chi connectivity index (χ0n) is 10.5. The van der Waals surface area contributed by atoms with E-state index >= 15 is 0 Å². The molecule has 1 saturated carbocycles. The Hall–Kier alpha value is -1.46. The van der Waals surface area contributed by atoms with Crippen molar-refractivity contribution in [3.63, 3.8) is 0 Å². The highest BCUT2D eigenvalue weighted by atomic mass is 16.8. The van der Waals surface area contributed by atoms with Gasteiger partial charge in [-0.05, 0) is 12.3 Å². The van der Waals surface area contributed by atoms with Crippen LogP contribution >= 0.6 is 0 Å². The molecule has 2 fully saturated rings. The van der Waals surface area contributed by atoms with Crippen molar-refractivity contribution in [3.8, 4) is 0 Å². The number of alkyl carbamates (subject to hydrolysis) is 1. The van der Waals surface area contributed by atoms with E-state index in [9.17, 15) is 9.59 Å². The highest BCUT2D eigenvalue weighted by Crippen LogP contribution is 2.29. The van der Waals surface area contributed by atoms with Gasteiger partial charge in [-0.1, -0.05) is 32.1 Å². The lowest BCUT2D eigenvalue weighted by atomic mass is 9.85. The zero-order chi connectivity index (χ0) is 13.0. The first-order valence-corrected chi connectivity index (χ1v) is 6.41. The average Bonchev–Trinajstić information content (AvgIpc) is 2.70. The highest BCUT2D eigenvalue weighted by molar-refractivity contribution is 5.70. The molecule has 1 N–H and O–H groups in total. The minimum atomic E-state index is -0.869. The van der Waals surface area contributed by atoms with Crippen LogP contribution in [0.2, 0.25) is 0 Å². The van der Waals surface area contributed by atoms with Crippen molar-refractivity contribution < 1.29 is 23.8 Å². The summed E-state index contributed by atoms with van der Waals surface area (Å²) in [7, 11) is 1.22. The van der Waals surface area contributed by atoms with E-state index < -0.39 is 18.5 Å². The van der Waals surface area contributed by atoms with Crippen molar-refractivity contribution in [2.45, 2.75) is 50.9 Å². The molecule has 0 aromatic carbocycles. The molecule has 1 aliphatic heterocycles. The fourth-order valence-electron chi connectivity index (χ4n) is 2.64. The van der Waals surface area contributed by atoms with Crippen LogP contribution in [0, 0.1) is 5.92 Å². The lowest BCUT2D eigenvalue weighted by molar-refractivity contribution is -0.0735. The van der Waals surface area contributed by atoms with Crippen LogP contribution in [0.25, 0.3) is 0 Å². The van der Waals surface area contributed by atoms with E-state index in [1.165, 1.54) is 26.4 Å². The minimum absolute atomic E-state index is 0.264. The second-order valence-electron chi connectivity index (χ2n) is 4.84. The lowest BCUT2D eigenvalue weighted by Gasteiger charge is -2.25. The number of carbonyl (C=O) groups excluding carboxylic acids is 2. The molecule has 1 aliphatic carbocycles. The van der Waals surface area contributed by atoms with Crippen molar-refractivity contribution in [1.82, 2.24) is 5.32 Å². The maximum atomic E-state index is 11.2. The molecule has 0 unspecified atom stereocenters. The number of hydrogen-bond acceptors (Lipinski definition) is 5. The number of ether oxygens (including phenoxy) is 3. The van der Waals surface area contributed by atoms with Crippen LogP contribution < -0.4 is 5.32 Å². The number of carbonyl (C=O) groups is 2. The fourth-order valence-corrected chi connectivity index (χ4v) is 2.64. The lowest BCUT2D eigenvalue weighted by Crippen LogP contribution is -2.36. The third-order valence-electron chi connectivity index (χ3n) is 3.55. The van der Waals surface area contributed by atoms with E-state index in [0.717, 1.165) is 19.3 Å². The van der Waals surface area contributed by atoms with E-state index in [1.54, 1.807) is 0 Å². The van der Waals surface area contributed by atoms with Crippen LogP contribution in [-0.2, 0) is 14.2 Å². The monoisotopic (exact) mass is 257 g/mol. The van der Waals surface area contributed by atoms with Gasteiger partial charge in [-0.3, -0.25) is 0 Å². The maximum absolute atomic E-state index is 11.2. The number of hydrogen-bond donors (Lipinski definition) is 1. The van der Waals surface area contributed by atoms with Gasteiger partial charge in [0.2, 0.25) is 0 Å². The van der Waals surface area contributed by atoms with Gasteiger partial charge in [0.15, 0.2) is 0 Å². The van der Waals surface area contributed by atoms with Gasteiger partial charge < -0.3 is 19.5 Å². The molecule has 2 atom stereocenters. The molecule has 0 bridgehead atoms. The van der Waals surface area contributed by atoms with Gasteiger partial charge >= 0.3 is 12.2 Å². The molecule has 1 amide bonds. The molecule has 18 heavy (non-hydrogen) atoms. The molecule has 1 saturated heterocycles. The molecular formula is C12H19NO5. The smallest absolute Gasteiger partial charge is 0.438 e. The van der Waals surface area contributed by atoms with E-state index in [0.29, 0.717) is 5.92 Å². The Morgan fingerprint density at radius 1 is 1.39 bits per heavy atom. The Morgan fingerprint density at radius 2 is 2.11 bits per heavy atom. The van der Waals surface area contributed by atoms with Gasteiger partial charge in [-0.25, -0.2) is 9.59 Å². The molecule has 0 radical (unpaired) electrons. The Kier molecular flexibility index (Phi) is 4.28. The van der Waals surface area contributed by atoms with Crippen LogP contribution in [-0.4, -0.2) is 31.7 Å². The third kappa shape index (κ3) is 3.27. The third-order valence-corrected chi connectivity index (χ3v) is 3.55. The quantitative estimate of drug-likeness (QED) is 0.784. The molecule has 0 spiro atoms. The van der Waals surface area contributed by atoms with Crippen molar-refractivity contribution >= 4 is 12.2 Å². The first-order chi connectivity index (χ1) is 8.69. The van der Waals surface area contributed by atoms with Gasteiger partial charge in [0, 0.05) is 0 Å². The Bertz CT molecular complexity index is 314. The highest BCUT2D eigenvalue weighted by Gasteiger charge is 2.38. The van der Waals surface area contributed by atoms with Crippen LogP contribution in [0.15, 0.2) is 0 Å². The zero-order valence-corrected chi connectivity index (χ0v) is 10.5. The van der Waals surface area contributed by atoms with Crippen LogP contribution in [0.4, 0.5) is 9.59 Å². The normalized spacial score (nSPS) is 28.4. The average molecular weight is 257 g/mol. The Balaban J connectivity index is 1.87. The molecule has 0 aromatic heterocycles. The summed E-state index contributed by atoms with van der Waals surface area (Å²) in [6, 6.07) is -0.264. The standard InChI is InChI=1S/C12H19NO5/c1-16-12(15)18-10-9(13-11(14)17-10)7-8-5-3-2-4-6-8/h8-10H,2-7H2,1H3,(H,13,14)/t9-,10+/m0/s1. The van der Waals surface area contributed by atoms with E-state index in [-0.39, 0.29) is 6.04 Å². The SMILES string of the molecule is COC(=O)O[C@H]1OC(=O)N[C@H]1CC1CCCCC1. The van der Waals surface area contributed by atoms with Crippen molar-refractivity contribution in [3.05, 3.63) is 0 Å². The number of cyclic esters (lactones) is 1. The predicted molar refractivity (Wildman–Crippen MR) is 61.9 cm³/mol. The number of amides is 1. The summed E-state index contributed by atoms with van der Waals surface area (Å²) in [6.07, 6.45) is 4.62. The maximum Gasteiger partial charge on any atom is 0.511 e. The van der Waals surface area contributed by atoms with Gasteiger partial charge in [-0.2, -0.15) is 0 Å². The largest absolute Gasteiger partial charge is 0.511 e. The molecule has 6 nitrogen and oxygen atoms in total. The van der Waals surface area contributed by atoms with Gasteiger partial charge in [0.1, 0.15) is 6.04 Å². The fraction of sp³-hybridized carbons (Fsp3) is 0.833. The van der Waals surface area contributed by atoms with E-state index in [2.05, 4.69) is 10.1 Å². The molecule has 0 aromatic rings. The molecular weight excluding hydrogens is 238 g/mol. The Labute approximate surface area is 106 Å². The van der Waals surface area contributed by atoms with E-state index in [4.69, 9.17) is 9.47 Å². The van der Waals surface area contributed by atoms with Crippen LogP contribution in [0.5, 0.6) is 0 Å². The second-order valence-corrected chi connectivity index (χ2v) is 4.84. The molecule has 6 heteroatoms. The van der Waals surface area contributed by atoms with Crippen LogP contribution in [0.3, 0.4) is 0 Å². The van der Waals surface area contributed by atoms with Crippen LogP contribution in [0.1, 0.15) is 38.5 Å². The minimum Gasteiger partial charge on any atom is -0.438 e. The van der Waals surface area contributed by atoms with Crippen molar-refractivity contribution in [1.29, 1.82) is 0 Å². The molecule has 1 heterocycles. The number of methoxy groups -OCH3 is 1. The number of nitrogens with one attached hydrogen (secondary N) is 1. The van der Waals surface area contributed by atoms with Crippen molar-refractivity contribution in [2.24, 2.45) is 5.92 Å². The number of rotatable bonds is 3. The molecule has 2 rings (SSSR count). The summed E-state index contributed by atoms with van der Waals surface area (Å²) in [5, 5.41) is 2.69. The summed E-state index contributed by atoms with van der Waals surface area (Å²) >= 11 is 0.